The lowest BCUT2D eigenvalue weighted by Gasteiger charge is -2.06. The molecule has 4 nitrogen and oxygen atoms in total. The molecule has 0 spiro atoms. The minimum atomic E-state index is -0.769. The number of ether oxygens (including phenoxy) is 2. The second-order valence-electron chi connectivity index (χ2n) is 3.10. The molecule has 0 atom stereocenters. The zero-order valence-electron chi connectivity index (χ0n) is 8.73. The van der Waals surface area contributed by atoms with Crippen LogP contribution in [0.25, 0.3) is 0 Å². The maximum atomic E-state index is 10.4. The second-order valence-corrected chi connectivity index (χ2v) is 3.10. The molecule has 1 rings (SSSR count). The number of carbonyl (C=O) groups excluding carboxylic acids is 1. The molecule has 82 valence electrons. The monoisotopic (exact) mass is 209 g/mol. The normalized spacial score (nSPS) is 9.67. The van der Waals surface area contributed by atoms with Gasteiger partial charge in [0.1, 0.15) is 12.4 Å². The van der Waals surface area contributed by atoms with E-state index in [0.29, 0.717) is 6.61 Å². The highest BCUT2D eigenvalue weighted by molar-refractivity contribution is 5.64. The first-order valence-electron chi connectivity index (χ1n) is 4.86. The van der Waals surface area contributed by atoms with Gasteiger partial charge in [-0.25, -0.2) is 4.79 Å². The number of nitrogens with two attached hydrogens (primary N) is 1. The molecular formula is C11H15NO3. The molecule has 0 saturated carbocycles. The molecule has 0 aliphatic rings. The van der Waals surface area contributed by atoms with Gasteiger partial charge in [-0.15, -0.1) is 0 Å². The van der Waals surface area contributed by atoms with Gasteiger partial charge in [0.05, 0.1) is 6.61 Å². The Morgan fingerprint density at radius 1 is 1.47 bits per heavy atom. The van der Waals surface area contributed by atoms with Crippen LogP contribution in [0.5, 0.6) is 5.75 Å². The molecule has 0 aliphatic heterocycles. The Hall–Kier alpha value is -1.71. The molecule has 0 fully saturated rings. The fourth-order valence-electron chi connectivity index (χ4n) is 1.10. The summed E-state index contributed by atoms with van der Waals surface area (Å²) in [4.78, 5) is 10.4. The number of rotatable bonds is 5. The maximum absolute atomic E-state index is 10.4. The van der Waals surface area contributed by atoms with E-state index >= 15 is 0 Å². The van der Waals surface area contributed by atoms with Gasteiger partial charge in [0.25, 0.3) is 0 Å². The number of primary amides is 1. The molecule has 1 aromatic rings. The minimum Gasteiger partial charge on any atom is -0.494 e. The molecule has 2 N–H and O–H groups in total. The third kappa shape index (κ3) is 4.35. The molecule has 0 aliphatic carbocycles. The van der Waals surface area contributed by atoms with E-state index in [-0.39, 0.29) is 6.61 Å². The van der Waals surface area contributed by atoms with Gasteiger partial charge in [-0.2, -0.15) is 0 Å². The van der Waals surface area contributed by atoms with Crippen molar-refractivity contribution in [3.8, 4) is 5.75 Å². The van der Waals surface area contributed by atoms with Crippen LogP contribution in [-0.2, 0) is 11.3 Å². The lowest BCUT2D eigenvalue weighted by atomic mass is 10.2. The molecule has 1 aromatic carbocycles. The fourth-order valence-corrected chi connectivity index (χ4v) is 1.10. The van der Waals surface area contributed by atoms with Crippen LogP contribution < -0.4 is 10.5 Å². The smallest absolute Gasteiger partial charge is 0.404 e. The van der Waals surface area contributed by atoms with E-state index in [2.05, 4.69) is 4.74 Å². The second kappa shape index (κ2) is 5.90. The average Bonchev–Trinajstić information content (AvgIpc) is 2.24. The van der Waals surface area contributed by atoms with Crippen molar-refractivity contribution in [3.63, 3.8) is 0 Å². The Balaban J connectivity index is 2.53. The summed E-state index contributed by atoms with van der Waals surface area (Å²) in [7, 11) is 0. The number of amides is 1. The molecule has 1 amide bonds. The van der Waals surface area contributed by atoms with E-state index in [0.717, 1.165) is 17.7 Å². The quantitative estimate of drug-likeness (QED) is 0.807. The van der Waals surface area contributed by atoms with Crippen molar-refractivity contribution in [2.45, 2.75) is 20.0 Å². The van der Waals surface area contributed by atoms with Gasteiger partial charge in [0.15, 0.2) is 0 Å². The van der Waals surface area contributed by atoms with Crippen LogP contribution >= 0.6 is 0 Å². The van der Waals surface area contributed by atoms with Crippen LogP contribution in [0, 0.1) is 0 Å². The number of hydrogen-bond donors (Lipinski definition) is 1. The highest BCUT2D eigenvalue weighted by Gasteiger charge is 1.99. The topological polar surface area (TPSA) is 61.6 Å². The molecule has 0 bridgehead atoms. The van der Waals surface area contributed by atoms with Crippen LogP contribution in [0.1, 0.15) is 18.9 Å². The summed E-state index contributed by atoms with van der Waals surface area (Å²) in [5, 5.41) is 0. The third-order valence-electron chi connectivity index (χ3n) is 1.75. The van der Waals surface area contributed by atoms with Crippen molar-refractivity contribution < 1.29 is 14.3 Å². The molecule has 4 heteroatoms. The first-order chi connectivity index (χ1) is 7.22. The summed E-state index contributed by atoms with van der Waals surface area (Å²) in [6.45, 7) is 2.90. The Kier molecular flexibility index (Phi) is 4.47. The van der Waals surface area contributed by atoms with Crippen LogP contribution in [0.4, 0.5) is 4.79 Å². The van der Waals surface area contributed by atoms with Crippen LogP contribution in [0.3, 0.4) is 0 Å². The van der Waals surface area contributed by atoms with E-state index in [1.165, 1.54) is 0 Å². The van der Waals surface area contributed by atoms with Crippen molar-refractivity contribution >= 4 is 6.09 Å². The van der Waals surface area contributed by atoms with Crippen LogP contribution in [-0.4, -0.2) is 12.7 Å². The molecule has 0 unspecified atom stereocenters. The summed E-state index contributed by atoms with van der Waals surface area (Å²) in [6.07, 6.45) is 0.192. The Bertz CT molecular complexity index is 325. The standard InChI is InChI=1S/C11H15NO3/c1-2-6-14-10-5-3-4-9(7-10)8-15-11(12)13/h3-5,7H,2,6,8H2,1H3,(H2,12,13). The van der Waals surface area contributed by atoms with Crippen molar-refractivity contribution in [1.29, 1.82) is 0 Å². The Morgan fingerprint density at radius 2 is 2.27 bits per heavy atom. The summed E-state index contributed by atoms with van der Waals surface area (Å²) in [6, 6.07) is 7.40. The fraction of sp³-hybridized carbons (Fsp3) is 0.364. The third-order valence-corrected chi connectivity index (χ3v) is 1.75. The lowest BCUT2D eigenvalue weighted by molar-refractivity contribution is 0.150. The summed E-state index contributed by atoms with van der Waals surface area (Å²) < 4.78 is 10.1. The highest BCUT2D eigenvalue weighted by Crippen LogP contribution is 2.14. The van der Waals surface area contributed by atoms with Crippen molar-refractivity contribution in [3.05, 3.63) is 29.8 Å². The summed E-state index contributed by atoms with van der Waals surface area (Å²) in [5.74, 6) is 0.780. The Labute approximate surface area is 89.0 Å². The molecule has 0 heterocycles. The van der Waals surface area contributed by atoms with E-state index in [4.69, 9.17) is 10.5 Å². The zero-order chi connectivity index (χ0) is 11.1. The Morgan fingerprint density at radius 3 is 2.93 bits per heavy atom. The van der Waals surface area contributed by atoms with E-state index in [1.54, 1.807) is 0 Å². The van der Waals surface area contributed by atoms with Gasteiger partial charge >= 0.3 is 6.09 Å². The van der Waals surface area contributed by atoms with Crippen molar-refractivity contribution in [2.24, 2.45) is 5.73 Å². The van der Waals surface area contributed by atoms with E-state index < -0.39 is 6.09 Å². The molecule has 0 radical (unpaired) electrons. The molecule has 0 saturated heterocycles. The molecule has 15 heavy (non-hydrogen) atoms. The van der Waals surface area contributed by atoms with Gasteiger partial charge in [0, 0.05) is 0 Å². The highest BCUT2D eigenvalue weighted by atomic mass is 16.5. The summed E-state index contributed by atoms with van der Waals surface area (Å²) in [5.41, 5.74) is 5.73. The predicted octanol–water partition coefficient (Wildman–Crippen LogP) is 2.07. The lowest BCUT2D eigenvalue weighted by Crippen LogP contribution is -2.12. The van der Waals surface area contributed by atoms with E-state index in [1.807, 2.05) is 31.2 Å². The average molecular weight is 209 g/mol. The largest absolute Gasteiger partial charge is 0.494 e. The number of benzene rings is 1. The van der Waals surface area contributed by atoms with Gasteiger partial charge in [-0.1, -0.05) is 19.1 Å². The first kappa shape index (κ1) is 11.4. The predicted molar refractivity (Wildman–Crippen MR) is 56.6 cm³/mol. The van der Waals surface area contributed by atoms with Crippen LogP contribution in [0.15, 0.2) is 24.3 Å². The van der Waals surface area contributed by atoms with Gasteiger partial charge in [0.2, 0.25) is 0 Å². The van der Waals surface area contributed by atoms with Gasteiger partial charge in [-0.05, 0) is 24.1 Å². The summed E-state index contributed by atoms with van der Waals surface area (Å²) >= 11 is 0. The van der Waals surface area contributed by atoms with E-state index in [9.17, 15) is 4.79 Å². The number of hydrogen-bond acceptors (Lipinski definition) is 3. The first-order valence-corrected chi connectivity index (χ1v) is 4.86. The minimum absolute atomic E-state index is 0.179. The zero-order valence-corrected chi connectivity index (χ0v) is 8.73. The van der Waals surface area contributed by atoms with Crippen molar-refractivity contribution in [2.75, 3.05) is 6.61 Å². The maximum Gasteiger partial charge on any atom is 0.404 e. The number of carbonyl (C=O) groups is 1. The molecular weight excluding hydrogens is 194 g/mol. The van der Waals surface area contributed by atoms with Gasteiger partial charge in [-0.3, -0.25) is 0 Å². The van der Waals surface area contributed by atoms with Crippen LogP contribution in [0.2, 0.25) is 0 Å². The van der Waals surface area contributed by atoms with Crippen molar-refractivity contribution in [1.82, 2.24) is 0 Å². The molecule has 0 aromatic heterocycles. The SMILES string of the molecule is CCCOc1cccc(COC(N)=O)c1. The van der Waals surface area contributed by atoms with Gasteiger partial charge < -0.3 is 15.2 Å².